The Labute approximate surface area is 128 Å². The van der Waals surface area contributed by atoms with Gasteiger partial charge in [-0.1, -0.05) is 12.1 Å². The monoisotopic (exact) mass is 299 g/mol. The standard InChI is InChI=1S/C17H17NO4/c1-20-11-12-3-2-4-14(9-12)18-17(19)13-5-6-15-16(10-13)22-8-7-21-15/h2-6,9-10H,7-8,11H2,1H3,(H,18,19). The number of ether oxygens (including phenoxy) is 3. The van der Waals surface area contributed by atoms with Gasteiger partial charge in [0, 0.05) is 18.4 Å². The normalized spacial score (nSPS) is 12.8. The van der Waals surface area contributed by atoms with Crippen LogP contribution in [0.25, 0.3) is 0 Å². The molecule has 2 aromatic rings. The van der Waals surface area contributed by atoms with Gasteiger partial charge in [0.05, 0.1) is 6.61 Å². The van der Waals surface area contributed by atoms with Gasteiger partial charge < -0.3 is 19.5 Å². The number of carbonyl (C=O) groups excluding carboxylic acids is 1. The van der Waals surface area contributed by atoms with Crippen LogP contribution in [0.4, 0.5) is 5.69 Å². The lowest BCUT2D eigenvalue weighted by atomic mass is 10.1. The fourth-order valence-corrected chi connectivity index (χ4v) is 2.29. The van der Waals surface area contributed by atoms with Crippen LogP contribution in [0.15, 0.2) is 42.5 Å². The van der Waals surface area contributed by atoms with Gasteiger partial charge in [0.2, 0.25) is 0 Å². The largest absolute Gasteiger partial charge is 0.486 e. The molecule has 22 heavy (non-hydrogen) atoms. The van der Waals surface area contributed by atoms with Crippen molar-refractivity contribution in [2.75, 3.05) is 25.6 Å². The first-order valence-corrected chi connectivity index (χ1v) is 7.05. The molecule has 2 aromatic carbocycles. The molecule has 1 amide bonds. The second-order valence-electron chi connectivity index (χ2n) is 4.95. The number of carbonyl (C=O) groups is 1. The van der Waals surface area contributed by atoms with E-state index in [0.717, 1.165) is 11.3 Å². The molecular weight excluding hydrogens is 282 g/mol. The molecule has 3 rings (SSSR count). The molecule has 1 heterocycles. The van der Waals surface area contributed by atoms with Gasteiger partial charge in [-0.3, -0.25) is 4.79 Å². The van der Waals surface area contributed by atoms with Crippen LogP contribution in [0.2, 0.25) is 0 Å². The summed E-state index contributed by atoms with van der Waals surface area (Å²) >= 11 is 0. The number of amides is 1. The van der Waals surface area contributed by atoms with Crippen molar-refractivity contribution in [3.63, 3.8) is 0 Å². The van der Waals surface area contributed by atoms with E-state index in [1.807, 2.05) is 24.3 Å². The molecule has 0 radical (unpaired) electrons. The third kappa shape index (κ3) is 3.20. The number of anilines is 1. The summed E-state index contributed by atoms with van der Waals surface area (Å²) in [6, 6.07) is 12.7. The van der Waals surface area contributed by atoms with Crippen LogP contribution in [0.3, 0.4) is 0 Å². The van der Waals surface area contributed by atoms with Crippen LogP contribution in [0.5, 0.6) is 11.5 Å². The molecule has 0 aromatic heterocycles. The average Bonchev–Trinajstić information content (AvgIpc) is 2.55. The van der Waals surface area contributed by atoms with E-state index in [9.17, 15) is 4.79 Å². The Morgan fingerprint density at radius 1 is 1.14 bits per heavy atom. The van der Waals surface area contributed by atoms with Gasteiger partial charge in [0.25, 0.3) is 5.91 Å². The molecule has 0 atom stereocenters. The molecule has 5 nitrogen and oxygen atoms in total. The predicted molar refractivity (Wildman–Crippen MR) is 82.5 cm³/mol. The van der Waals surface area contributed by atoms with E-state index in [1.54, 1.807) is 25.3 Å². The Balaban J connectivity index is 1.75. The Morgan fingerprint density at radius 2 is 1.95 bits per heavy atom. The zero-order valence-electron chi connectivity index (χ0n) is 12.3. The number of nitrogens with one attached hydrogen (secondary N) is 1. The first kappa shape index (κ1) is 14.4. The van der Waals surface area contributed by atoms with Gasteiger partial charge >= 0.3 is 0 Å². The quantitative estimate of drug-likeness (QED) is 0.943. The summed E-state index contributed by atoms with van der Waals surface area (Å²) in [4.78, 5) is 12.3. The summed E-state index contributed by atoms with van der Waals surface area (Å²) in [5, 5.41) is 2.87. The molecule has 0 saturated carbocycles. The van der Waals surface area contributed by atoms with Crippen molar-refractivity contribution in [3.05, 3.63) is 53.6 Å². The van der Waals surface area contributed by atoms with Gasteiger partial charge in [0.15, 0.2) is 11.5 Å². The maximum absolute atomic E-state index is 12.3. The van der Waals surface area contributed by atoms with Crippen LogP contribution < -0.4 is 14.8 Å². The van der Waals surface area contributed by atoms with Crippen molar-refractivity contribution in [1.82, 2.24) is 0 Å². The first-order chi connectivity index (χ1) is 10.8. The highest BCUT2D eigenvalue weighted by Crippen LogP contribution is 2.31. The van der Waals surface area contributed by atoms with Crippen molar-refractivity contribution in [3.8, 4) is 11.5 Å². The van der Waals surface area contributed by atoms with Crippen LogP contribution in [0, 0.1) is 0 Å². The highest BCUT2D eigenvalue weighted by molar-refractivity contribution is 6.04. The highest BCUT2D eigenvalue weighted by atomic mass is 16.6. The molecule has 1 aliphatic rings. The zero-order chi connectivity index (χ0) is 15.4. The van der Waals surface area contributed by atoms with E-state index in [4.69, 9.17) is 14.2 Å². The van der Waals surface area contributed by atoms with Crippen molar-refractivity contribution in [2.45, 2.75) is 6.61 Å². The zero-order valence-corrected chi connectivity index (χ0v) is 12.3. The lowest BCUT2D eigenvalue weighted by molar-refractivity contribution is 0.102. The second kappa shape index (κ2) is 6.49. The van der Waals surface area contributed by atoms with Gasteiger partial charge in [-0.05, 0) is 35.9 Å². The molecule has 5 heteroatoms. The Morgan fingerprint density at radius 3 is 2.77 bits per heavy atom. The third-order valence-corrected chi connectivity index (χ3v) is 3.30. The molecule has 114 valence electrons. The highest BCUT2D eigenvalue weighted by Gasteiger charge is 2.15. The van der Waals surface area contributed by atoms with E-state index < -0.39 is 0 Å². The predicted octanol–water partition coefficient (Wildman–Crippen LogP) is 2.86. The van der Waals surface area contributed by atoms with Gasteiger partial charge in [-0.15, -0.1) is 0 Å². The summed E-state index contributed by atoms with van der Waals surface area (Å²) in [6.07, 6.45) is 0. The minimum Gasteiger partial charge on any atom is -0.486 e. The maximum atomic E-state index is 12.3. The van der Waals surface area contributed by atoms with E-state index in [0.29, 0.717) is 36.9 Å². The molecule has 0 saturated heterocycles. The van der Waals surface area contributed by atoms with E-state index in [1.165, 1.54) is 0 Å². The Hall–Kier alpha value is -2.53. The molecule has 0 aliphatic carbocycles. The van der Waals surface area contributed by atoms with Crippen LogP contribution >= 0.6 is 0 Å². The molecule has 0 bridgehead atoms. The van der Waals surface area contributed by atoms with Crippen LogP contribution in [-0.4, -0.2) is 26.2 Å². The number of methoxy groups -OCH3 is 1. The molecule has 0 spiro atoms. The SMILES string of the molecule is COCc1cccc(NC(=O)c2ccc3c(c2)OCCO3)c1. The van der Waals surface area contributed by atoms with Crippen LogP contribution in [0.1, 0.15) is 15.9 Å². The fourth-order valence-electron chi connectivity index (χ4n) is 2.29. The molecule has 1 aliphatic heterocycles. The van der Waals surface area contributed by atoms with E-state index >= 15 is 0 Å². The summed E-state index contributed by atoms with van der Waals surface area (Å²) in [7, 11) is 1.64. The lowest BCUT2D eigenvalue weighted by Crippen LogP contribution is -2.17. The molecule has 0 unspecified atom stereocenters. The second-order valence-corrected chi connectivity index (χ2v) is 4.95. The number of hydrogen-bond acceptors (Lipinski definition) is 4. The number of fused-ring (bicyclic) bond motifs is 1. The molecular formula is C17H17NO4. The fraction of sp³-hybridized carbons (Fsp3) is 0.235. The van der Waals surface area contributed by atoms with Gasteiger partial charge in [0.1, 0.15) is 13.2 Å². The molecule has 1 N–H and O–H groups in total. The summed E-state index contributed by atoms with van der Waals surface area (Å²) in [6.45, 7) is 1.54. The van der Waals surface area contributed by atoms with Crippen molar-refractivity contribution >= 4 is 11.6 Å². The minimum absolute atomic E-state index is 0.188. The summed E-state index contributed by atoms with van der Waals surface area (Å²) < 4.78 is 16.0. The topological polar surface area (TPSA) is 56.8 Å². The maximum Gasteiger partial charge on any atom is 0.255 e. The minimum atomic E-state index is -0.188. The van der Waals surface area contributed by atoms with Crippen LogP contribution in [-0.2, 0) is 11.3 Å². The van der Waals surface area contributed by atoms with Crippen molar-refractivity contribution in [1.29, 1.82) is 0 Å². The Kier molecular flexibility index (Phi) is 4.25. The smallest absolute Gasteiger partial charge is 0.255 e. The van der Waals surface area contributed by atoms with Crippen molar-refractivity contribution < 1.29 is 19.0 Å². The average molecular weight is 299 g/mol. The Bertz CT molecular complexity index is 684. The third-order valence-electron chi connectivity index (χ3n) is 3.30. The number of benzene rings is 2. The van der Waals surface area contributed by atoms with E-state index in [2.05, 4.69) is 5.32 Å². The number of hydrogen-bond donors (Lipinski definition) is 1. The first-order valence-electron chi connectivity index (χ1n) is 7.05. The number of rotatable bonds is 4. The molecule has 0 fully saturated rings. The van der Waals surface area contributed by atoms with Gasteiger partial charge in [-0.25, -0.2) is 0 Å². The van der Waals surface area contributed by atoms with Crippen molar-refractivity contribution in [2.24, 2.45) is 0 Å². The summed E-state index contributed by atoms with van der Waals surface area (Å²) in [5.74, 6) is 1.09. The lowest BCUT2D eigenvalue weighted by Gasteiger charge is -2.18. The van der Waals surface area contributed by atoms with Gasteiger partial charge in [-0.2, -0.15) is 0 Å². The summed E-state index contributed by atoms with van der Waals surface area (Å²) in [5.41, 5.74) is 2.26. The van der Waals surface area contributed by atoms with E-state index in [-0.39, 0.29) is 5.91 Å².